The third kappa shape index (κ3) is 4.94. The lowest BCUT2D eigenvalue weighted by atomic mass is 10.1. The molecule has 0 saturated heterocycles. The molecule has 2 aromatic heterocycles. The molecule has 0 unspecified atom stereocenters. The van der Waals surface area contributed by atoms with E-state index in [9.17, 15) is 4.79 Å². The molecule has 1 amide bonds. The van der Waals surface area contributed by atoms with Gasteiger partial charge in [0.15, 0.2) is 4.96 Å². The molecule has 0 radical (unpaired) electrons. The van der Waals surface area contributed by atoms with Crippen LogP contribution < -0.4 is 20.1 Å². The van der Waals surface area contributed by atoms with Crippen molar-refractivity contribution in [3.05, 3.63) is 65.7 Å². The van der Waals surface area contributed by atoms with E-state index in [1.165, 1.54) is 0 Å². The monoisotopic (exact) mass is 452 g/mol. The van der Waals surface area contributed by atoms with E-state index in [4.69, 9.17) is 19.2 Å². The number of hydrogen-bond acceptors (Lipinski definition) is 7. The van der Waals surface area contributed by atoms with E-state index in [1.807, 2.05) is 64.5 Å². The molecule has 2 heterocycles. The molecule has 4 aromatic rings. The van der Waals surface area contributed by atoms with E-state index in [0.717, 1.165) is 27.6 Å². The summed E-state index contributed by atoms with van der Waals surface area (Å²) in [7, 11) is 3.23. The fourth-order valence-corrected chi connectivity index (χ4v) is 3.93. The summed E-state index contributed by atoms with van der Waals surface area (Å²) >= 11 is 1.55. The van der Waals surface area contributed by atoms with Gasteiger partial charge in [0.05, 0.1) is 14.2 Å². The second-order valence-electron chi connectivity index (χ2n) is 6.88. The van der Waals surface area contributed by atoms with Crippen LogP contribution in [-0.4, -0.2) is 42.8 Å². The summed E-state index contributed by atoms with van der Waals surface area (Å²) in [6, 6.07) is 15.2. The highest BCUT2D eigenvalue weighted by Gasteiger charge is 2.16. The number of imidazole rings is 1. The molecule has 9 heteroatoms. The second-order valence-corrected chi connectivity index (χ2v) is 7.75. The van der Waals surface area contributed by atoms with E-state index in [0.29, 0.717) is 24.6 Å². The maximum Gasteiger partial charge on any atom is 0.407 e. The van der Waals surface area contributed by atoms with Crippen molar-refractivity contribution in [2.75, 3.05) is 32.6 Å². The number of ether oxygens (including phenoxy) is 3. The first-order valence-electron chi connectivity index (χ1n) is 10.1. The number of benzene rings is 2. The Kier molecular flexibility index (Phi) is 6.76. The molecule has 32 heavy (non-hydrogen) atoms. The van der Waals surface area contributed by atoms with E-state index in [2.05, 4.69) is 10.6 Å². The van der Waals surface area contributed by atoms with Gasteiger partial charge in [-0.05, 0) is 17.7 Å². The van der Waals surface area contributed by atoms with Crippen LogP contribution in [0.1, 0.15) is 5.56 Å². The molecular weight excluding hydrogens is 428 g/mol. The van der Waals surface area contributed by atoms with Gasteiger partial charge in [0.25, 0.3) is 0 Å². The van der Waals surface area contributed by atoms with Crippen molar-refractivity contribution >= 4 is 28.2 Å². The average molecular weight is 453 g/mol. The minimum atomic E-state index is -0.456. The Labute approximate surface area is 189 Å². The first kappa shape index (κ1) is 21.5. The van der Waals surface area contributed by atoms with Crippen LogP contribution in [0.4, 0.5) is 10.6 Å². The van der Waals surface area contributed by atoms with Gasteiger partial charge in [0, 0.05) is 36.3 Å². The quantitative estimate of drug-likeness (QED) is 0.366. The summed E-state index contributed by atoms with van der Waals surface area (Å²) in [6.07, 6.45) is 1.50. The van der Waals surface area contributed by atoms with E-state index < -0.39 is 6.09 Å². The Morgan fingerprint density at radius 1 is 1.06 bits per heavy atom. The van der Waals surface area contributed by atoms with Crippen LogP contribution in [0.2, 0.25) is 0 Å². The Balaban J connectivity index is 1.41. The first-order valence-corrected chi connectivity index (χ1v) is 10.9. The number of carbonyl (C=O) groups is 1. The van der Waals surface area contributed by atoms with Crippen LogP contribution in [0.3, 0.4) is 0 Å². The van der Waals surface area contributed by atoms with Gasteiger partial charge >= 0.3 is 6.09 Å². The number of nitrogens with zero attached hydrogens (tertiary/aromatic N) is 2. The Morgan fingerprint density at radius 2 is 1.81 bits per heavy atom. The number of aromatic nitrogens is 2. The molecule has 8 nitrogen and oxygen atoms in total. The van der Waals surface area contributed by atoms with Crippen molar-refractivity contribution < 1.29 is 19.0 Å². The number of alkyl carbamates (subject to hydrolysis) is 1. The number of nitrogens with one attached hydrogen (secondary N) is 2. The smallest absolute Gasteiger partial charge is 0.407 e. The Bertz CT molecular complexity index is 1170. The van der Waals surface area contributed by atoms with Crippen molar-refractivity contribution in [2.24, 2.45) is 0 Å². The van der Waals surface area contributed by atoms with Crippen LogP contribution in [0.15, 0.2) is 60.1 Å². The molecule has 0 spiro atoms. The van der Waals surface area contributed by atoms with Gasteiger partial charge in [0.2, 0.25) is 0 Å². The normalized spacial score (nSPS) is 10.7. The predicted octanol–water partition coefficient (Wildman–Crippen LogP) is 4.42. The molecule has 2 aromatic carbocycles. The summed E-state index contributed by atoms with van der Waals surface area (Å²) in [4.78, 5) is 17.6. The van der Waals surface area contributed by atoms with E-state index >= 15 is 0 Å². The zero-order valence-electron chi connectivity index (χ0n) is 17.8. The van der Waals surface area contributed by atoms with Crippen molar-refractivity contribution in [3.8, 4) is 22.8 Å². The van der Waals surface area contributed by atoms with Crippen LogP contribution in [0.5, 0.6) is 11.5 Å². The predicted molar refractivity (Wildman–Crippen MR) is 125 cm³/mol. The number of carbonyl (C=O) groups excluding carboxylic acids is 1. The summed E-state index contributed by atoms with van der Waals surface area (Å²) in [5.41, 5.74) is 2.59. The zero-order valence-corrected chi connectivity index (χ0v) is 18.6. The Hall–Kier alpha value is -3.72. The lowest BCUT2D eigenvalue weighted by molar-refractivity contribution is 0.140. The maximum absolute atomic E-state index is 12.0. The largest absolute Gasteiger partial charge is 0.497 e. The van der Waals surface area contributed by atoms with Crippen LogP contribution in [0, 0.1) is 0 Å². The third-order valence-corrected chi connectivity index (χ3v) is 5.54. The molecule has 0 aliphatic carbocycles. The van der Waals surface area contributed by atoms with Gasteiger partial charge < -0.3 is 24.8 Å². The third-order valence-electron chi connectivity index (χ3n) is 4.79. The number of amides is 1. The molecule has 0 saturated carbocycles. The lowest BCUT2D eigenvalue weighted by Crippen LogP contribution is -2.29. The lowest BCUT2D eigenvalue weighted by Gasteiger charge is -2.11. The highest BCUT2D eigenvalue weighted by atomic mass is 32.1. The standard InChI is InChI=1S/C23H24N4O4S/c1-29-18-12-17(13-19(14-18)30-2)20-21(27-10-11-32-22(27)26-20)24-8-9-25-23(28)31-15-16-6-4-3-5-7-16/h3-7,10-14,24H,8-9,15H2,1-2H3,(H,25,28). The second kappa shape index (κ2) is 10.1. The number of hydrogen-bond donors (Lipinski definition) is 2. The van der Waals surface area contributed by atoms with Crippen molar-refractivity contribution in [2.45, 2.75) is 6.61 Å². The van der Waals surface area contributed by atoms with Crippen molar-refractivity contribution in [1.29, 1.82) is 0 Å². The van der Waals surface area contributed by atoms with Crippen LogP contribution >= 0.6 is 11.3 Å². The van der Waals surface area contributed by atoms with Crippen molar-refractivity contribution in [3.63, 3.8) is 0 Å². The van der Waals surface area contributed by atoms with Gasteiger partial charge in [-0.25, -0.2) is 9.78 Å². The summed E-state index contributed by atoms with van der Waals surface area (Å²) in [5.74, 6) is 2.20. The molecule has 0 aliphatic rings. The minimum absolute atomic E-state index is 0.236. The highest BCUT2D eigenvalue weighted by molar-refractivity contribution is 7.15. The number of thiazole rings is 1. The van der Waals surface area contributed by atoms with E-state index in [-0.39, 0.29) is 6.61 Å². The maximum atomic E-state index is 12.0. The van der Waals surface area contributed by atoms with Gasteiger partial charge in [-0.1, -0.05) is 30.3 Å². The topological polar surface area (TPSA) is 86.1 Å². The van der Waals surface area contributed by atoms with E-state index in [1.54, 1.807) is 25.6 Å². The molecule has 0 aliphatic heterocycles. The van der Waals surface area contributed by atoms with Gasteiger partial charge in [-0.15, -0.1) is 11.3 Å². The number of rotatable bonds is 9. The number of anilines is 1. The fourth-order valence-electron chi connectivity index (χ4n) is 3.22. The van der Waals surface area contributed by atoms with Gasteiger partial charge in [0.1, 0.15) is 29.6 Å². The molecule has 166 valence electrons. The molecule has 2 N–H and O–H groups in total. The van der Waals surface area contributed by atoms with Gasteiger partial charge in [-0.2, -0.15) is 0 Å². The summed E-state index contributed by atoms with van der Waals surface area (Å²) < 4.78 is 18.0. The van der Waals surface area contributed by atoms with Crippen LogP contribution in [0.25, 0.3) is 16.2 Å². The summed E-state index contributed by atoms with van der Waals surface area (Å²) in [6.45, 7) is 1.13. The first-order chi connectivity index (χ1) is 15.7. The highest BCUT2D eigenvalue weighted by Crippen LogP contribution is 2.35. The fraction of sp³-hybridized carbons (Fsp3) is 0.217. The molecule has 0 fully saturated rings. The number of methoxy groups -OCH3 is 2. The molecule has 4 rings (SSSR count). The average Bonchev–Trinajstić information content (AvgIpc) is 3.43. The molecule has 0 bridgehead atoms. The molecular formula is C23H24N4O4S. The van der Waals surface area contributed by atoms with Gasteiger partial charge in [-0.3, -0.25) is 4.40 Å². The SMILES string of the molecule is COc1cc(OC)cc(-c2nc3sccn3c2NCCNC(=O)OCc2ccccc2)c1. The molecule has 0 atom stereocenters. The number of fused-ring (bicyclic) bond motifs is 1. The summed E-state index contributed by atoms with van der Waals surface area (Å²) in [5, 5.41) is 8.12. The van der Waals surface area contributed by atoms with Crippen LogP contribution in [-0.2, 0) is 11.3 Å². The zero-order chi connectivity index (χ0) is 22.3. The Morgan fingerprint density at radius 3 is 2.53 bits per heavy atom. The minimum Gasteiger partial charge on any atom is -0.497 e. The van der Waals surface area contributed by atoms with Crippen molar-refractivity contribution in [1.82, 2.24) is 14.7 Å².